The van der Waals surface area contributed by atoms with Crippen LogP contribution in [0.25, 0.3) is 0 Å². The summed E-state index contributed by atoms with van der Waals surface area (Å²) in [5.41, 5.74) is -0.0291. The van der Waals surface area contributed by atoms with Gasteiger partial charge in [-0.25, -0.2) is 0 Å². The third kappa shape index (κ3) is 4.66. The molecule has 2 aromatic carbocycles. The molecule has 0 N–H and O–H groups in total. The van der Waals surface area contributed by atoms with Gasteiger partial charge in [0.25, 0.3) is 11.6 Å². The van der Waals surface area contributed by atoms with Gasteiger partial charge in [-0.15, -0.1) is 0 Å². The molecule has 3 rings (SSSR count). The molecule has 2 aromatic rings. The lowest BCUT2D eigenvalue weighted by Gasteiger charge is -2.30. The van der Waals surface area contributed by atoms with Crippen LogP contribution < -0.4 is 14.2 Å². The molecule has 0 bridgehead atoms. The summed E-state index contributed by atoms with van der Waals surface area (Å²) in [4.78, 5) is 24.2. The number of amides is 1. The Kier molecular flexibility index (Phi) is 5.75. The number of carbonyl (C=O) groups is 1. The van der Waals surface area contributed by atoms with Crippen LogP contribution in [0, 0.1) is 10.1 Å². The van der Waals surface area contributed by atoms with E-state index in [4.69, 9.17) is 14.2 Å². The molecule has 1 heterocycles. The predicted octanol–water partition coefficient (Wildman–Crippen LogP) is 2.66. The Bertz CT molecular complexity index is 808. The van der Waals surface area contributed by atoms with Gasteiger partial charge in [0.2, 0.25) is 0 Å². The Labute approximate surface area is 156 Å². The second-order valence-corrected chi connectivity index (χ2v) is 5.97. The van der Waals surface area contributed by atoms with Crippen molar-refractivity contribution in [3.05, 3.63) is 58.6 Å². The SMILES string of the molecule is CCN(CC1COc2ccccc2O1)C(=O)COc1ccc([N+](=O)[O-])cc1. The van der Waals surface area contributed by atoms with E-state index in [2.05, 4.69) is 0 Å². The Balaban J connectivity index is 1.53. The number of likely N-dealkylation sites (N-methyl/N-ethyl adjacent to an activating group) is 1. The fraction of sp³-hybridized carbons (Fsp3) is 0.316. The van der Waals surface area contributed by atoms with Crippen LogP contribution >= 0.6 is 0 Å². The van der Waals surface area contributed by atoms with Crippen LogP contribution in [0.1, 0.15) is 6.92 Å². The predicted molar refractivity (Wildman–Crippen MR) is 97.2 cm³/mol. The average molecular weight is 372 g/mol. The minimum Gasteiger partial charge on any atom is -0.486 e. The molecule has 27 heavy (non-hydrogen) atoms. The summed E-state index contributed by atoms with van der Waals surface area (Å²) in [7, 11) is 0. The topological polar surface area (TPSA) is 91.1 Å². The number of para-hydroxylation sites is 2. The van der Waals surface area contributed by atoms with Gasteiger partial charge in [-0.1, -0.05) is 12.1 Å². The second-order valence-electron chi connectivity index (χ2n) is 5.97. The van der Waals surface area contributed by atoms with Gasteiger partial charge in [0.05, 0.1) is 11.5 Å². The highest BCUT2D eigenvalue weighted by Gasteiger charge is 2.25. The third-order valence-electron chi connectivity index (χ3n) is 4.14. The fourth-order valence-corrected chi connectivity index (χ4v) is 2.71. The van der Waals surface area contributed by atoms with Crippen LogP contribution in [0.4, 0.5) is 5.69 Å². The molecule has 1 amide bonds. The minimum atomic E-state index is -0.488. The number of hydrogen-bond donors (Lipinski definition) is 0. The molecule has 0 aliphatic carbocycles. The molecule has 1 atom stereocenters. The second kappa shape index (κ2) is 8.39. The first-order chi connectivity index (χ1) is 13.1. The highest BCUT2D eigenvalue weighted by molar-refractivity contribution is 5.77. The number of fused-ring (bicyclic) bond motifs is 1. The quantitative estimate of drug-likeness (QED) is 0.548. The van der Waals surface area contributed by atoms with Crippen molar-refractivity contribution in [3.8, 4) is 17.2 Å². The summed E-state index contributed by atoms with van der Waals surface area (Å²) in [6, 6.07) is 13.0. The molecule has 8 nitrogen and oxygen atoms in total. The standard InChI is InChI=1S/C19H20N2O6/c1-2-20(11-16-12-26-17-5-3-4-6-18(17)27-16)19(22)13-25-15-9-7-14(8-10-15)21(23)24/h3-10,16H,2,11-13H2,1H3. The zero-order valence-corrected chi connectivity index (χ0v) is 14.9. The summed E-state index contributed by atoms with van der Waals surface area (Å²) < 4.78 is 17.0. The maximum absolute atomic E-state index is 12.4. The number of nitro benzene ring substituents is 1. The fourth-order valence-electron chi connectivity index (χ4n) is 2.71. The average Bonchev–Trinajstić information content (AvgIpc) is 2.70. The first-order valence-electron chi connectivity index (χ1n) is 8.60. The van der Waals surface area contributed by atoms with E-state index in [1.165, 1.54) is 24.3 Å². The maximum Gasteiger partial charge on any atom is 0.269 e. The molecule has 8 heteroatoms. The van der Waals surface area contributed by atoms with Gasteiger partial charge in [0.15, 0.2) is 24.2 Å². The van der Waals surface area contributed by atoms with Crippen molar-refractivity contribution < 1.29 is 23.9 Å². The molecule has 142 valence electrons. The first-order valence-corrected chi connectivity index (χ1v) is 8.60. The number of rotatable bonds is 7. The molecule has 1 aliphatic rings. The molecule has 1 aliphatic heterocycles. The lowest BCUT2D eigenvalue weighted by Crippen LogP contribution is -2.45. The molecule has 0 saturated heterocycles. The normalized spacial score (nSPS) is 15.1. The van der Waals surface area contributed by atoms with Crippen LogP contribution in [0.2, 0.25) is 0 Å². The Morgan fingerprint density at radius 3 is 2.59 bits per heavy atom. The summed E-state index contributed by atoms with van der Waals surface area (Å²) >= 11 is 0. The van der Waals surface area contributed by atoms with Crippen LogP contribution in [-0.4, -0.2) is 48.1 Å². The van der Waals surface area contributed by atoms with Gasteiger partial charge in [0, 0.05) is 18.7 Å². The van der Waals surface area contributed by atoms with Crippen molar-refractivity contribution in [1.82, 2.24) is 4.90 Å². The third-order valence-corrected chi connectivity index (χ3v) is 4.14. The van der Waals surface area contributed by atoms with Crippen LogP contribution in [0.3, 0.4) is 0 Å². The summed E-state index contributed by atoms with van der Waals surface area (Å²) in [5.74, 6) is 1.57. The highest BCUT2D eigenvalue weighted by atomic mass is 16.6. The smallest absolute Gasteiger partial charge is 0.269 e. The van der Waals surface area contributed by atoms with Crippen molar-refractivity contribution in [3.63, 3.8) is 0 Å². The lowest BCUT2D eigenvalue weighted by atomic mass is 10.2. The molecule has 0 spiro atoms. The van der Waals surface area contributed by atoms with E-state index < -0.39 is 4.92 Å². The van der Waals surface area contributed by atoms with Crippen LogP contribution in [-0.2, 0) is 4.79 Å². The number of hydrogen-bond acceptors (Lipinski definition) is 6. The van der Waals surface area contributed by atoms with Crippen molar-refractivity contribution in [1.29, 1.82) is 0 Å². The van der Waals surface area contributed by atoms with Crippen molar-refractivity contribution in [2.24, 2.45) is 0 Å². The number of carbonyl (C=O) groups excluding carboxylic acids is 1. The van der Waals surface area contributed by atoms with Gasteiger partial charge in [-0.2, -0.15) is 0 Å². The van der Waals surface area contributed by atoms with Crippen LogP contribution in [0.15, 0.2) is 48.5 Å². The molecule has 1 unspecified atom stereocenters. The summed E-state index contributed by atoms with van der Waals surface area (Å²) in [6.45, 7) is 2.97. The largest absolute Gasteiger partial charge is 0.486 e. The number of nitro groups is 1. The highest BCUT2D eigenvalue weighted by Crippen LogP contribution is 2.31. The van der Waals surface area contributed by atoms with E-state index in [0.717, 1.165) is 0 Å². The number of benzene rings is 2. The number of ether oxygens (including phenoxy) is 3. The zero-order valence-electron chi connectivity index (χ0n) is 14.9. The Morgan fingerprint density at radius 1 is 1.22 bits per heavy atom. The van der Waals surface area contributed by atoms with Crippen LogP contribution in [0.5, 0.6) is 17.2 Å². The van der Waals surface area contributed by atoms with Gasteiger partial charge in [0.1, 0.15) is 12.4 Å². The van der Waals surface area contributed by atoms with Gasteiger partial charge >= 0.3 is 0 Å². The number of non-ortho nitro benzene ring substituents is 1. The zero-order chi connectivity index (χ0) is 19.2. The van der Waals surface area contributed by atoms with Crippen molar-refractivity contribution in [2.45, 2.75) is 13.0 Å². The molecular weight excluding hydrogens is 352 g/mol. The molecular formula is C19H20N2O6. The van der Waals surface area contributed by atoms with E-state index in [1.807, 2.05) is 31.2 Å². The minimum absolute atomic E-state index is 0.0291. The van der Waals surface area contributed by atoms with Crippen molar-refractivity contribution in [2.75, 3.05) is 26.3 Å². The van der Waals surface area contributed by atoms with Crippen molar-refractivity contribution >= 4 is 11.6 Å². The number of nitrogens with zero attached hydrogens (tertiary/aromatic N) is 2. The molecule has 0 fully saturated rings. The monoisotopic (exact) mass is 372 g/mol. The van der Waals surface area contributed by atoms with E-state index in [1.54, 1.807) is 4.90 Å². The molecule has 0 aromatic heterocycles. The lowest BCUT2D eigenvalue weighted by molar-refractivity contribution is -0.384. The van der Waals surface area contributed by atoms with Gasteiger partial charge < -0.3 is 19.1 Å². The Hall–Kier alpha value is -3.29. The van der Waals surface area contributed by atoms with E-state index in [-0.39, 0.29) is 24.3 Å². The van der Waals surface area contributed by atoms with Gasteiger partial charge in [-0.05, 0) is 31.2 Å². The summed E-state index contributed by atoms with van der Waals surface area (Å²) in [5, 5.41) is 10.7. The first kappa shape index (κ1) is 18.5. The maximum atomic E-state index is 12.4. The molecule has 0 saturated carbocycles. The summed E-state index contributed by atoms with van der Waals surface area (Å²) in [6.07, 6.45) is -0.261. The van der Waals surface area contributed by atoms with E-state index in [9.17, 15) is 14.9 Å². The van der Waals surface area contributed by atoms with E-state index >= 15 is 0 Å². The molecule has 0 radical (unpaired) electrons. The Morgan fingerprint density at radius 2 is 1.93 bits per heavy atom. The van der Waals surface area contributed by atoms with Gasteiger partial charge in [-0.3, -0.25) is 14.9 Å². The van der Waals surface area contributed by atoms with E-state index in [0.29, 0.717) is 36.9 Å².